The molecule has 12 heteroatoms. The first-order valence-electron chi connectivity index (χ1n) is 15.0. The molecule has 0 spiro atoms. The number of aliphatic hydroxyl groups excluding tert-OH is 1. The molecule has 0 radical (unpaired) electrons. The molecule has 2 amide bonds. The quantitative estimate of drug-likeness (QED) is 0.174. The number of carbonyl (C=O) groups excluding carboxylic acids is 2. The number of phenols is 1. The number of allylic oxidation sites excluding steroid dienone is 2. The summed E-state index contributed by atoms with van der Waals surface area (Å²) in [4.78, 5) is 34.4. The molecular weight excluding hydrogens is 595 g/mol. The smallest absolute Gasteiger partial charge is 0.405 e. The molecule has 246 valence electrons. The number of methoxy groups -OCH3 is 2. The summed E-state index contributed by atoms with van der Waals surface area (Å²) in [6.45, 7) is 7.10. The number of nitrogens with zero attached hydrogens (tertiary/aromatic N) is 2. The van der Waals surface area contributed by atoms with Crippen molar-refractivity contribution >= 4 is 39.8 Å². The highest BCUT2D eigenvalue weighted by Gasteiger charge is 2.30. The van der Waals surface area contributed by atoms with Crippen LogP contribution in [0.4, 0.5) is 14.9 Å². The number of hydrogen-bond donors (Lipinski definition) is 4. The van der Waals surface area contributed by atoms with Gasteiger partial charge in [-0.05, 0) is 56.4 Å². The number of primary amides is 1. The second-order valence-corrected chi connectivity index (χ2v) is 11.8. The highest BCUT2D eigenvalue weighted by Crippen LogP contribution is 2.37. The lowest BCUT2D eigenvalue weighted by Crippen LogP contribution is -2.37. The average Bonchev–Trinajstić information content (AvgIpc) is 3.01. The maximum absolute atomic E-state index is 14.1. The van der Waals surface area contributed by atoms with E-state index in [9.17, 15) is 24.2 Å². The van der Waals surface area contributed by atoms with Gasteiger partial charge in [-0.1, -0.05) is 38.2 Å². The fourth-order valence-corrected chi connectivity index (χ4v) is 5.74. The van der Waals surface area contributed by atoms with Crippen LogP contribution in [0.1, 0.15) is 39.7 Å². The molecular formula is C34H41FN4O7. The van der Waals surface area contributed by atoms with Crippen molar-refractivity contribution in [1.29, 1.82) is 0 Å². The first-order chi connectivity index (χ1) is 21.8. The molecule has 6 atom stereocenters. The first-order valence-corrected chi connectivity index (χ1v) is 15.0. The molecule has 1 aliphatic heterocycles. The lowest BCUT2D eigenvalue weighted by atomic mass is 9.87. The minimum atomic E-state index is -0.995. The van der Waals surface area contributed by atoms with Crippen molar-refractivity contribution in [2.24, 2.45) is 17.6 Å². The molecule has 2 bridgehead atoms. The molecule has 2 aromatic carbocycles. The van der Waals surface area contributed by atoms with Crippen LogP contribution in [0.15, 0.2) is 59.7 Å². The number of hydrogen-bond acceptors (Lipinski definition) is 9. The fraction of sp³-hybridized carbons (Fsp3) is 0.412. The van der Waals surface area contributed by atoms with Crippen molar-refractivity contribution in [2.75, 3.05) is 19.5 Å². The van der Waals surface area contributed by atoms with Gasteiger partial charge in [0.25, 0.3) is 5.91 Å². The number of aromatic nitrogens is 2. The normalized spacial score (nSPS) is 25.2. The zero-order valence-electron chi connectivity index (χ0n) is 26.8. The van der Waals surface area contributed by atoms with Crippen LogP contribution in [0.2, 0.25) is 0 Å². The van der Waals surface area contributed by atoms with E-state index in [4.69, 9.17) is 19.9 Å². The molecule has 0 saturated carbocycles. The summed E-state index contributed by atoms with van der Waals surface area (Å²) in [5, 5.41) is 25.6. The summed E-state index contributed by atoms with van der Waals surface area (Å²) in [6, 6.07) is 5.61. The van der Waals surface area contributed by atoms with Gasteiger partial charge in [0, 0.05) is 37.3 Å². The topological polar surface area (TPSA) is 166 Å². The van der Waals surface area contributed by atoms with E-state index in [-0.39, 0.29) is 23.8 Å². The number of rotatable bonds is 3. The molecule has 2 heterocycles. The number of nitrogens with two attached hydrogens (primary N) is 1. The molecule has 5 N–H and O–H groups in total. The van der Waals surface area contributed by atoms with Crippen LogP contribution in [0.3, 0.4) is 0 Å². The Labute approximate surface area is 266 Å². The number of carbonyl (C=O) groups is 2. The van der Waals surface area contributed by atoms with Crippen molar-refractivity contribution in [3.63, 3.8) is 0 Å². The summed E-state index contributed by atoms with van der Waals surface area (Å²) in [5.74, 6) is -1.75. The third-order valence-corrected chi connectivity index (χ3v) is 8.21. The Morgan fingerprint density at radius 3 is 2.50 bits per heavy atom. The maximum atomic E-state index is 14.1. The maximum Gasteiger partial charge on any atom is 0.405 e. The van der Waals surface area contributed by atoms with Crippen LogP contribution in [-0.2, 0) is 25.4 Å². The largest absolute Gasteiger partial charge is 0.505 e. The Hall–Kier alpha value is -4.39. The molecule has 1 aromatic heterocycles. The third-order valence-electron chi connectivity index (χ3n) is 8.21. The van der Waals surface area contributed by atoms with Crippen molar-refractivity contribution in [3.05, 3.63) is 71.1 Å². The van der Waals surface area contributed by atoms with Gasteiger partial charge in [-0.15, -0.1) is 0 Å². The predicted octanol–water partition coefficient (Wildman–Crippen LogP) is 5.09. The first kappa shape index (κ1) is 34.5. The Bertz CT molecular complexity index is 1710. The van der Waals surface area contributed by atoms with E-state index in [0.29, 0.717) is 45.2 Å². The van der Waals surface area contributed by atoms with Crippen LogP contribution >= 0.6 is 0 Å². The van der Waals surface area contributed by atoms with Gasteiger partial charge < -0.3 is 35.5 Å². The van der Waals surface area contributed by atoms with Gasteiger partial charge in [0.1, 0.15) is 17.7 Å². The monoisotopic (exact) mass is 636 g/mol. The Balaban J connectivity index is 1.86. The summed E-state index contributed by atoms with van der Waals surface area (Å²) >= 11 is 0. The number of phenolic OH excluding ortho intramolecular Hbond substituents is 1. The Kier molecular flexibility index (Phi) is 11.1. The minimum Gasteiger partial charge on any atom is -0.505 e. The summed E-state index contributed by atoms with van der Waals surface area (Å²) in [6.07, 6.45) is 2.95. The zero-order chi connectivity index (χ0) is 33.7. The number of halogens is 1. The van der Waals surface area contributed by atoms with Gasteiger partial charge in [-0.3, -0.25) is 4.79 Å². The lowest BCUT2D eigenvalue weighted by Gasteiger charge is -2.29. The van der Waals surface area contributed by atoms with Crippen LogP contribution in [-0.4, -0.2) is 70.8 Å². The molecule has 6 unspecified atom stereocenters. The second kappa shape index (κ2) is 14.8. The van der Waals surface area contributed by atoms with Crippen LogP contribution in [0.5, 0.6) is 5.75 Å². The summed E-state index contributed by atoms with van der Waals surface area (Å²) < 4.78 is 30.8. The van der Waals surface area contributed by atoms with Crippen molar-refractivity contribution < 1.29 is 38.4 Å². The standard InChI is InChI=1S/C34H41FN4O7/c1-17-12-22-29-25(37-23-11-10-21(35)15-24(23)38-29)16-26(31(22)41)39-33(42)18(2)8-7-9-27(44-5)32(46-34(36)43)20(4)14-19(3)30(40)28(13-17)45-6/h7-11,14-17,19,27-28,30,32,40-41H,12-13H2,1-6H3,(H2,36,43)(H,39,42). The molecule has 46 heavy (non-hydrogen) atoms. The van der Waals surface area contributed by atoms with Crippen molar-refractivity contribution in [2.45, 2.75) is 65.0 Å². The van der Waals surface area contributed by atoms with E-state index >= 15 is 0 Å². The lowest BCUT2D eigenvalue weighted by molar-refractivity contribution is -0.112. The Morgan fingerprint density at radius 1 is 1.09 bits per heavy atom. The van der Waals surface area contributed by atoms with Crippen LogP contribution in [0.25, 0.3) is 22.1 Å². The summed E-state index contributed by atoms with van der Waals surface area (Å²) in [7, 11) is 2.95. The van der Waals surface area contributed by atoms with Gasteiger partial charge in [0.15, 0.2) is 6.10 Å². The van der Waals surface area contributed by atoms with Gasteiger partial charge in [0.2, 0.25) is 0 Å². The number of benzene rings is 2. The third kappa shape index (κ3) is 7.87. The second-order valence-electron chi connectivity index (χ2n) is 11.8. The van der Waals surface area contributed by atoms with E-state index in [1.807, 2.05) is 13.8 Å². The molecule has 0 aliphatic carbocycles. The van der Waals surface area contributed by atoms with Gasteiger partial charge >= 0.3 is 6.09 Å². The average molecular weight is 637 g/mol. The molecule has 1 aliphatic rings. The Morgan fingerprint density at radius 2 is 1.83 bits per heavy atom. The van der Waals surface area contributed by atoms with E-state index in [1.54, 1.807) is 38.2 Å². The minimum absolute atomic E-state index is 0.131. The number of anilines is 1. The van der Waals surface area contributed by atoms with Gasteiger partial charge in [-0.2, -0.15) is 0 Å². The molecule has 11 nitrogen and oxygen atoms in total. The number of ether oxygens (including phenoxy) is 3. The number of nitrogens with one attached hydrogen (secondary N) is 1. The predicted molar refractivity (Wildman–Crippen MR) is 173 cm³/mol. The van der Waals surface area contributed by atoms with E-state index in [1.165, 1.54) is 38.5 Å². The van der Waals surface area contributed by atoms with Gasteiger partial charge in [0.05, 0.1) is 40.0 Å². The number of aromatic hydroxyl groups is 1. The molecule has 3 aromatic rings. The zero-order valence-corrected chi connectivity index (χ0v) is 26.8. The van der Waals surface area contributed by atoms with Crippen molar-refractivity contribution in [1.82, 2.24) is 9.97 Å². The van der Waals surface area contributed by atoms with Crippen molar-refractivity contribution in [3.8, 4) is 5.75 Å². The SMILES string of the molecule is COC1C=CC=C(C)C(=O)Nc2cc3nc4ccc(F)cc4nc3c(c2O)CC(C)CC(OC)C(O)C(C)C=C(C)C1OC(N)=O. The number of amides is 2. The molecule has 0 saturated heterocycles. The van der Waals surface area contributed by atoms with E-state index in [0.717, 1.165) is 0 Å². The van der Waals surface area contributed by atoms with E-state index < -0.39 is 48.2 Å². The fourth-order valence-electron chi connectivity index (χ4n) is 5.74. The van der Waals surface area contributed by atoms with E-state index in [2.05, 4.69) is 15.3 Å². The highest BCUT2D eigenvalue weighted by atomic mass is 19.1. The van der Waals surface area contributed by atoms with Crippen LogP contribution < -0.4 is 11.1 Å². The van der Waals surface area contributed by atoms with Gasteiger partial charge in [-0.25, -0.2) is 19.2 Å². The number of fused-ring (bicyclic) bond motifs is 5. The summed E-state index contributed by atoms with van der Waals surface area (Å²) in [5.41, 5.74) is 8.37. The van der Waals surface area contributed by atoms with Crippen LogP contribution in [0, 0.1) is 17.7 Å². The highest BCUT2D eigenvalue weighted by molar-refractivity contribution is 6.06. The molecule has 0 fully saturated rings. The number of aliphatic hydroxyl groups is 1. The molecule has 4 rings (SSSR count).